The number of aromatic nitrogens is 3. The summed E-state index contributed by atoms with van der Waals surface area (Å²) in [5.41, 5.74) is 0.681. The number of likely N-dealkylation sites (N-methyl/N-ethyl adjacent to an activating group) is 1. The predicted molar refractivity (Wildman–Crippen MR) is 78.0 cm³/mol. The van der Waals surface area contributed by atoms with Crippen LogP contribution in [0.3, 0.4) is 0 Å². The first-order valence-electron chi connectivity index (χ1n) is 6.50. The third-order valence-electron chi connectivity index (χ3n) is 3.26. The molecule has 0 N–H and O–H groups in total. The molecule has 0 aliphatic heterocycles. The maximum atomic E-state index is 13.0. The zero-order valence-electron chi connectivity index (χ0n) is 12.0. The molecule has 0 amide bonds. The molecule has 118 valence electrons. The minimum atomic E-state index is -4.44. The summed E-state index contributed by atoms with van der Waals surface area (Å²) in [5.74, 6) is -0.104. The van der Waals surface area contributed by atoms with E-state index in [0.29, 0.717) is 23.8 Å². The van der Waals surface area contributed by atoms with Gasteiger partial charge in [-0.15, -0.1) is 0 Å². The summed E-state index contributed by atoms with van der Waals surface area (Å²) in [6.07, 6.45) is -1.31. The standard InChI is InChI=1S/C14H14ClF3N4/c1-9-11(20-8-21-12(9)15)5-7-22(2)13-10(14(16,17)18)4-3-6-19-13/h3-4,6,8H,5,7H2,1-2H3. The molecular formula is C14H14ClF3N4. The summed E-state index contributed by atoms with van der Waals surface area (Å²) >= 11 is 5.91. The molecule has 2 heterocycles. The van der Waals surface area contributed by atoms with Crippen molar-refractivity contribution in [3.05, 3.63) is 46.6 Å². The maximum Gasteiger partial charge on any atom is 0.419 e. The van der Waals surface area contributed by atoms with Crippen molar-refractivity contribution in [3.63, 3.8) is 0 Å². The van der Waals surface area contributed by atoms with Gasteiger partial charge in [0.25, 0.3) is 0 Å². The van der Waals surface area contributed by atoms with E-state index in [1.807, 2.05) is 0 Å². The van der Waals surface area contributed by atoms with Crippen molar-refractivity contribution in [2.75, 3.05) is 18.5 Å². The number of hydrogen-bond donors (Lipinski definition) is 0. The van der Waals surface area contributed by atoms with Gasteiger partial charge in [0, 0.05) is 37.5 Å². The van der Waals surface area contributed by atoms with Crippen LogP contribution in [0.4, 0.5) is 19.0 Å². The smallest absolute Gasteiger partial charge is 0.359 e. The summed E-state index contributed by atoms with van der Waals surface area (Å²) in [4.78, 5) is 13.3. The highest BCUT2D eigenvalue weighted by Crippen LogP contribution is 2.34. The minimum Gasteiger partial charge on any atom is -0.359 e. The Morgan fingerprint density at radius 2 is 1.95 bits per heavy atom. The first-order chi connectivity index (χ1) is 10.3. The third kappa shape index (κ3) is 3.65. The van der Waals surface area contributed by atoms with Crippen molar-refractivity contribution >= 4 is 17.4 Å². The van der Waals surface area contributed by atoms with Crippen LogP contribution in [0.5, 0.6) is 0 Å². The molecule has 2 aromatic heterocycles. The van der Waals surface area contributed by atoms with Gasteiger partial charge in [-0.2, -0.15) is 13.2 Å². The van der Waals surface area contributed by atoms with E-state index in [9.17, 15) is 13.2 Å². The molecule has 2 rings (SSSR count). The van der Waals surface area contributed by atoms with Crippen molar-refractivity contribution in [3.8, 4) is 0 Å². The van der Waals surface area contributed by atoms with Crippen LogP contribution in [0.1, 0.15) is 16.8 Å². The normalized spacial score (nSPS) is 11.5. The van der Waals surface area contributed by atoms with Crippen molar-refractivity contribution in [2.45, 2.75) is 19.5 Å². The molecule has 4 nitrogen and oxygen atoms in total. The zero-order valence-corrected chi connectivity index (χ0v) is 12.8. The van der Waals surface area contributed by atoms with Gasteiger partial charge in [-0.25, -0.2) is 15.0 Å². The Morgan fingerprint density at radius 1 is 1.23 bits per heavy atom. The second-order valence-corrected chi connectivity index (χ2v) is 5.14. The number of nitrogens with zero attached hydrogens (tertiary/aromatic N) is 4. The molecule has 0 fully saturated rings. The Labute approximate surface area is 131 Å². The molecule has 0 saturated carbocycles. The lowest BCUT2D eigenvalue weighted by molar-refractivity contribution is -0.137. The van der Waals surface area contributed by atoms with E-state index in [2.05, 4.69) is 15.0 Å². The summed E-state index contributed by atoms with van der Waals surface area (Å²) < 4.78 is 39.0. The second-order valence-electron chi connectivity index (χ2n) is 4.78. The van der Waals surface area contributed by atoms with Crippen molar-refractivity contribution < 1.29 is 13.2 Å². The van der Waals surface area contributed by atoms with Crippen LogP contribution in [0.15, 0.2) is 24.7 Å². The lowest BCUT2D eigenvalue weighted by atomic mass is 10.2. The van der Waals surface area contributed by atoms with Gasteiger partial charge in [0.1, 0.15) is 17.3 Å². The van der Waals surface area contributed by atoms with Crippen LogP contribution >= 0.6 is 11.6 Å². The number of anilines is 1. The maximum absolute atomic E-state index is 13.0. The van der Waals surface area contributed by atoms with Gasteiger partial charge in [0.05, 0.1) is 5.56 Å². The van der Waals surface area contributed by atoms with E-state index in [-0.39, 0.29) is 5.82 Å². The van der Waals surface area contributed by atoms with E-state index in [1.165, 1.54) is 23.5 Å². The summed E-state index contributed by atoms with van der Waals surface area (Å²) in [7, 11) is 1.57. The van der Waals surface area contributed by atoms with Gasteiger partial charge in [-0.05, 0) is 19.1 Å². The van der Waals surface area contributed by atoms with Crippen molar-refractivity contribution in [2.24, 2.45) is 0 Å². The molecule has 0 aliphatic rings. The number of halogens is 4. The molecule has 0 bridgehead atoms. The fourth-order valence-electron chi connectivity index (χ4n) is 2.02. The molecule has 0 radical (unpaired) electrons. The van der Waals surface area contributed by atoms with Crippen molar-refractivity contribution in [1.82, 2.24) is 15.0 Å². The van der Waals surface area contributed by atoms with Gasteiger partial charge in [0.2, 0.25) is 0 Å². The lowest BCUT2D eigenvalue weighted by Gasteiger charge is -2.22. The van der Waals surface area contributed by atoms with Crippen LogP contribution in [0, 0.1) is 6.92 Å². The number of hydrogen-bond acceptors (Lipinski definition) is 4. The number of alkyl halides is 3. The monoisotopic (exact) mass is 330 g/mol. The largest absolute Gasteiger partial charge is 0.419 e. The average molecular weight is 331 g/mol. The van der Waals surface area contributed by atoms with Gasteiger partial charge < -0.3 is 4.90 Å². The highest BCUT2D eigenvalue weighted by atomic mass is 35.5. The first kappa shape index (κ1) is 16.5. The van der Waals surface area contributed by atoms with E-state index < -0.39 is 11.7 Å². The summed E-state index contributed by atoms with van der Waals surface area (Å²) in [6, 6.07) is 2.29. The molecule has 22 heavy (non-hydrogen) atoms. The van der Waals surface area contributed by atoms with Crippen LogP contribution in [-0.2, 0) is 12.6 Å². The number of pyridine rings is 1. The Kier molecular flexibility index (Phi) is 4.85. The Morgan fingerprint density at radius 3 is 2.64 bits per heavy atom. The highest BCUT2D eigenvalue weighted by molar-refractivity contribution is 6.30. The van der Waals surface area contributed by atoms with E-state index in [0.717, 1.165) is 11.6 Å². The summed E-state index contributed by atoms with van der Waals surface area (Å²) in [6.45, 7) is 2.11. The molecule has 2 aromatic rings. The average Bonchev–Trinajstić information content (AvgIpc) is 2.47. The van der Waals surface area contributed by atoms with Crippen LogP contribution in [0.25, 0.3) is 0 Å². The zero-order chi connectivity index (χ0) is 16.3. The van der Waals surface area contributed by atoms with Gasteiger partial charge >= 0.3 is 6.18 Å². The Bertz CT molecular complexity index is 661. The van der Waals surface area contributed by atoms with E-state index in [4.69, 9.17) is 11.6 Å². The summed E-state index contributed by atoms with van der Waals surface area (Å²) in [5, 5.41) is 0.349. The van der Waals surface area contributed by atoms with Gasteiger partial charge in [-0.1, -0.05) is 11.6 Å². The third-order valence-corrected chi connectivity index (χ3v) is 3.65. The Hall–Kier alpha value is -1.89. The quantitative estimate of drug-likeness (QED) is 0.804. The molecule has 0 spiro atoms. The van der Waals surface area contributed by atoms with Crippen LogP contribution in [0.2, 0.25) is 5.15 Å². The fraction of sp³-hybridized carbons (Fsp3) is 0.357. The van der Waals surface area contributed by atoms with Crippen LogP contribution in [-0.4, -0.2) is 28.5 Å². The molecular weight excluding hydrogens is 317 g/mol. The molecule has 0 aliphatic carbocycles. The van der Waals surface area contributed by atoms with Crippen LogP contribution < -0.4 is 4.90 Å². The molecule has 0 atom stereocenters. The van der Waals surface area contributed by atoms with Gasteiger partial charge in [0.15, 0.2) is 0 Å². The molecule has 0 saturated heterocycles. The fourth-order valence-corrected chi connectivity index (χ4v) is 2.17. The van der Waals surface area contributed by atoms with E-state index >= 15 is 0 Å². The predicted octanol–water partition coefficient (Wildman–Crippen LogP) is 3.53. The number of rotatable bonds is 4. The van der Waals surface area contributed by atoms with Gasteiger partial charge in [-0.3, -0.25) is 0 Å². The highest BCUT2D eigenvalue weighted by Gasteiger charge is 2.35. The first-order valence-corrected chi connectivity index (χ1v) is 6.88. The van der Waals surface area contributed by atoms with Crippen molar-refractivity contribution in [1.29, 1.82) is 0 Å². The second kappa shape index (κ2) is 6.48. The Balaban J connectivity index is 2.17. The topological polar surface area (TPSA) is 41.9 Å². The lowest BCUT2D eigenvalue weighted by Crippen LogP contribution is -2.25. The molecule has 0 aromatic carbocycles. The van der Waals surface area contributed by atoms with E-state index in [1.54, 1.807) is 14.0 Å². The molecule has 0 unspecified atom stereocenters. The minimum absolute atomic E-state index is 0.104. The SMILES string of the molecule is Cc1c(Cl)ncnc1CCN(C)c1ncccc1C(F)(F)F. The molecule has 8 heteroatoms.